The lowest BCUT2D eigenvalue weighted by atomic mass is 9.87. The lowest BCUT2D eigenvalue weighted by Gasteiger charge is -2.43. The van der Waals surface area contributed by atoms with Crippen LogP contribution in [0.1, 0.15) is 25.8 Å². The van der Waals surface area contributed by atoms with Crippen molar-refractivity contribution in [1.29, 1.82) is 0 Å². The van der Waals surface area contributed by atoms with E-state index >= 15 is 0 Å². The Morgan fingerprint density at radius 2 is 2.06 bits per heavy atom. The third-order valence-electron chi connectivity index (χ3n) is 4.12. The Morgan fingerprint density at radius 3 is 2.71 bits per heavy atom. The average molecular weight is 253 g/mol. The van der Waals surface area contributed by atoms with Gasteiger partial charge in [-0.15, -0.1) is 0 Å². The normalized spacial score (nSPS) is 29.5. The zero-order valence-electron chi connectivity index (χ0n) is 10.8. The monoisotopic (exact) mass is 252 g/mol. The van der Waals surface area contributed by atoms with Gasteiger partial charge in [-0.3, -0.25) is 0 Å². The Kier molecular flexibility index (Phi) is 3.64. The molecule has 0 radical (unpaired) electrons. The summed E-state index contributed by atoms with van der Waals surface area (Å²) in [5.74, 6) is 0.517. The number of benzene rings is 1. The van der Waals surface area contributed by atoms with Gasteiger partial charge < -0.3 is 10.6 Å². The number of hydrogen-bond acceptors (Lipinski definition) is 2. The molecule has 1 aliphatic heterocycles. The van der Waals surface area contributed by atoms with Crippen molar-refractivity contribution in [3.8, 4) is 0 Å². The van der Waals surface area contributed by atoms with Crippen LogP contribution >= 0.6 is 11.6 Å². The topological polar surface area (TPSA) is 29.3 Å². The summed E-state index contributed by atoms with van der Waals surface area (Å²) in [6.07, 6.45) is 1.05. The van der Waals surface area contributed by atoms with Crippen LogP contribution in [0.2, 0.25) is 5.02 Å². The van der Waals surface area contributed by atoms with Crippen molar-refractivity contribution in [2.24, 2.45) is 11.7 Å². The second kappa shape index (κ2) is 4.87. The van der Waals surface area contributed by atoms with Crippen molar-refractivity contribution in [1.82, 2.24) is 0 Å². The Hall–Kier alpha value is -0.730. The minimum absolute atomic E-state index is 0.321. The highest BCUT2D eigenvalue weighted by atomic mass is 35.5. The Bertz CT molecular complexity index is 405. The summed E-state index contributed by atoms with van der Waals surface area (Å²) in [5, 5.41) is 0.845. The molecular weight excluding hydrogens is 232 g/mol. The number of nitrogens with two attached hydrogens (primary N) is 1. The Balaban J connectivity index is 2.24. The largest absolute Gasteiger partial charge is 0.368 e. The molecular formula is C14H21ClN2. The average Bonchev–Trinajstić information content (AvgIpc) is 2.30. The minimum Gasteiger partial charge on any atom is -0.368 e. The van der Waals surface area contributed by atoms with Crippen molar-refractivity contribution >= 4 is 17.3 Å². The molecule has 3 unspecified atom stereocenters. The number of rotatable bonds is 1. The molecule has 1 aromatic carbocycles. The molecule has 1 fully saturated rings. The van der Waals surface area contributed by atoms with Crippen LogP contribution in [-0.4, -0.2) is 18.6 Å². The summed E-state index contributed by atoms with van der Waals surface area (Å²) in [6, 6.07) is 7.10. The van der Waals surface area contributed by atoms with Gasteiger partial charge in [0, 0.05) is 29.3 Å². The number of anilines is 1. The van der Waals surface area contributed by atoms with Crippen LogP contribution in [0.5, 0.6) is 0 Å². The number of halogens is 1. The van der Waals surface area contributed by atoms with Gasteiger partial charge >= 0.3 is 0 Å². The van der Waals surface area contributed by atoms with Crippen LogP contribution in [0.25, 0.3) is 0 Å². The van der Waals surface area contributed by atoms with E-state index in [1.54, 1.807) is 0 Å². The maximum atomic E-state index is 6.19. The van der Waals surface area contributed by atoms with Crippen LogP contribution in [0.3, 0.4) is 0 Å². The number of hydrogen-bond donors (Lipinski definition) is 1. The van der Waals surface area contributed by atoms with Crippen LogP contribution in [-0.2, 0) is 0 Å². The summed E-state index contributed by atoms with van der Waals surface area (Å²) in [6.45, 7) is 7.53. The summed E-state index contributed by atoms with van der Waals surface area (Å²) < 4.78 is 0. The first kappa shape index (κ1) is 12.7. The highest BCUT2D eigenvalue weighted by Crippen LogP contribution is 2.30. The quantitative estimate of drug-likeness (QED) is 0.832. The highest BCUT2D eigenvalue weighted by molar-refractivity contribution is 6.31. The summed E-state index contributed by atoms with van der Waals surface area (Å²) in [5.41, 5.74) is 8.45. The van der Waals surface area contributed by atoms with Gasteiger partial charge in [-0.2, -0.15) is 0 Å². The molecule has 0 bridgehead atoms. The molecule has 2 nitrogen and oxygen atoms in total. The first-order valence-electron chi connectivity index (χ1n) is 6.29. The summed E-state index contributed by atoms with van der Waals surface area (Å²) in [7, 11) is 0. The van der Waals surface area contributed by atoms with Crippen molar-refractivity contribution < 1.29 is 0 Å². The van der Waals surface area contributed by atoms with Gasteiger partial charge in [0.1, 0.15) is 0 Å². The fourth-order valence-electron chi connectivity index (χ4n) is 2.52. The zero-order valence-corrected chi connectivity index (χ0v) is 11.5. The molecule has 0 aromatic heterocycles. The van der Waals surface area contributed by atoms with E-state index in [1.165, 1.54) is 5.69 Å². The summed E-state index contributed by atoms with van der Waals surface area (Å²) >= 11 is 6.19. The van der Waals surface area contributed by atoms with Gasteiger partial charge in [-0.1, -0.05) is 24.6 Å². The van der Waals surface area contributed by atoms with Crippen LogP contribution in [0.4, 0.5) is 5.69 Å². The van der Waals surface area contributed by atoms with Gasteiger partial charge in [0.2, 0.25) is 0 Å². The predicted molar refractivity (Wildman–Crippen MR) is 74.8 cm³/mol. The van der Waals surface area contributed by atoms with Crippen LogP contribution in [0.15, 0.2) is 18.2 Å². The minimum atomic E-state index is 0.321. The lowest BCUT2D eigenvalue weighted by molar-refractivity contribution is 0.315. The molecule has 3 heteroatoms. The van der Waals surface area contributed by atoms with E-state index in [2.05, 4.69) is 36.9 Å². The molecule has 2 N–H and O–H groups in total. The number of aryl methyl sites for hydroxylation is 1. The van der Waals surface area contributed by atoms with Gasteiger partial charge in [0.05, 0.1) is 0 Å². The predicted octanol–water partition coefficient (Wildman–Crippen LogP) is 3.21. The molecule has 1 aromatic rings. The first-order valence-corrected chi connectivity index (χ1v) is 6.67. The smallest absolute Gasteiger partial charge is 0.0455 e. The molecule has 0 spiro atoms. The Labute approximate surface area is 109 Å². The van der Waals surface area contributed by atoms with E-state index in [4.69, 9.17) is 17.3 Å². The fraction of sp³-hybridized carbons (Fsp3) is 0.571. The molecule has 0 saturated carbocycles. The van der Waals surface area contributed by atoms with E-state index in [9.17, 15) is 0 Å². The second-order valence-corrected chi connectivity index (χ2v) is 5.59. The molecule has 1 heterocycles. The van der Waals surface area contributed by atoms with E-state index in [-0.39, 0.29) is 0 Å². The lowest BCUT2D eigenvalue weighted by Crippen LogP contribution is -2.51. The molecule has 0 aliphatic carbocycles. The molecule has 0 amide bonds. The van der Waals surface area contributed by atoms with Crippen molar-refractivity contribution in [2.75, 3.05) is 11.4 Å². The molecule has 1 saturated heterocycles. The third kappa shape index (κ3) is 2.43. The van der Waals surface area contributed by atoms with Crippen LogP contribution in [0, 0.1) is 12.8 Å². The van der Waals surface area contributed by atoms with Gasteiger partial charge in [-0.05, 0) is 43.9 Å². The number of nitrogens with zero attached hydrogens (tertiary/aromatic N) is 1. The second-order valence-electron chi connectivity index (χ2n) is 5.18. The fourth-order valence-corrected chi connectivity index (χ4v) is 2.70. The Morgan fingerprint density at radius 1 is 1.35 bits per heavy atom. The van der Waals surface area contributed by atoms with E-state index in [1.807, 2.05) is 6.92 Å². The van der Waals surface area contributed by atoms with Crippen molar-refractivity contribution in [3.63, 3.8) is 0 Å². The van der Waals surface area contributed by atoms with Crippen molar-refractivity contribution in [3.05, 3.63) is 28.8 Å². The first-order chi connectivity index (χ1) is 8.00. The molecule has 2 rings (SSSR count). The molecule has 94 valence electrons. The molecule has 1 aliphatic rings. The van der Waals surface area contributed by atoms with Crippen molar-refractivity contribution in [2.45, 2.75) is 39.3 Å². The zero-order chi connectivity index (χ0) is 12.6. The van der Waals surface area contributed by atoms with E-state index < -0.39 is 0 Å². The van der Waals surface area contributed by atoms with Gasteiger partial charge in [-0.25, -0.2) is 0 Å². The standard InChI is InChI=1S/C14H21ClN2/c1-9-4-5-12(8-13(9)15)17-7-6-14(16)10(2)11(17)3/h4-5,8,10-11,14H,6-7,16H2,1-3H3. The third-order valence-corrected chi connectivity index (χ3v) is 4.53. The maximum absolute atomic E-state index is 6.19. The number of piperidine rings is 1. The summed E-state index contributed by atoms with van der Waals surface area (Å²) in [4.78, 5) is 2.42. The van der Waals surface area contributed by atoms with E-state index in [0.717, 1.165) is 23.6 Å². The van der Waals surface area contributed by atoms with Gasteiger partial charge in [0.15, 0.2) is 0 Å². The van der Waals surface area contributed by atoms with E-state index in [0.29, 0.717) is 18.0 Å². The molecule has 3 atom stereocenters. The molecule has 17 heavy (non-hydrogen) atoms. The maximum Gasteiger partial charge on any atom is 0.0455 e. The van der Waals surface area contributed by atoms with Crippen LogP contribution < -0.4 is 10.6 Å². The highest BCUT2D eigenvalue weighted by Gasteiger charge is 2.30. The van der Waals surface area contributed by atoms with Gasteiger partial charge in [0.25, 0.3) is 0 Å². The SMILES string of the molecule is Cc1ccc(N2CCC(N)C(C)C2C)cc1Cl.